The zero-order valence-corrected chi connectivity index (χ0v) is 17.5. The van der Waals surface area contributed by atoms with Crippen molar-refractivity contribution in [3.8, 4) is 0 Å². The second-order valence-corrected chi connectivity index (χ2v) is 8.20. The number of carbonyl (C=O) groups excluding carboxylic acids is 2. The lowest BCUT2D eigenvalue weighted by Gasteiger charge is -2.26. The summed E-state index contributed by atoms with van der Waals surface area (Å²) in [5.74, 6) is -0.366. The molecule has 4 atom stereocenters. The van der Waals surface area contributed by atoms with E-state index in [-0.39, 0.29) is 36.9 Å². The predicted octanol–water partition coefficient (Wildman–Crippen LogP) is 4.31. The maximum Gasteiger partial charge on any atom is 0.416 e. The number of nitrogens with zero attached hydrogens (tertiary/aromatic N) is 1. The third-order valence-electron chi connectivity index (χ3n) is 5.70. The van der Waals surface area contributed by atoms with Crippen LogP contribution in [0.5, 0.6) is 0 Å². The number of hydrogen-bond acceptors (Lipinski definition) is 5. The molecule has 2 saturated heterocycles. The zero-order valence-electron chi connectivity index (χ0n) is 17.5. The van der Waals surface area contributed by atoms with Crippen LogP contribution < -0.4 is 0 Å². The summed E-state index contributed by atoms with van der Waals surface area (Å²) in [7, 11) is 0. The van der Waals surface area contributed by atoms with E-state index in [2.05, 4.69) is 6.92 Å². The molecular weight excluding hydrogens is 370 g/mol. The molecule has 160 valence electrons. The summed E-state index contributed by atoms with van der Waals surface area (Å²) in [4.78, 5) is 26.4. The van der Waals surface area contributed by atoms with Crippen LogP contribution in [0.2, 0.25) is 0 Å². The smallest absolute Gasteiger partial charge is 0.416 e. The van der Waals surface area contributed by atoms with Crippen molar-refractivity contribution in [1.82, 2.24) is 4.90 Å². The minimum atomic E-state index is -0.520. The van der Waals surface area contributed by atoms with E-state index in [1.807, 2.05) is 37.3 Å². The van der Waals surface area contributed by atoms with Crippen LogP contribution in [0.4, 0.5) is 4.79 Å². The maximum atomic E-state index is 12.9. The van der Waals surface area contributed by atoms with Gasteiger partial charge in [0.05, 0.1) is 12.1 Å². The Morgan fingerprint density at radius 2 is 2.00 bits per heavy atom. The van der Waals surface area contributed by atoms with Crippen molar-refractivity contribution in [2.45, 2.75) is 77.2 Å². The van der Waals surface area contributed by atoms with Gasteiger partial charge in [0, 0.05) is 12.5 Å². The molecule has 0 aliphatic carbocycles. The van der Waals surface area contributed by atoms with Gasteiger partial charge in [-0.3, -0.25) is 4.79 Å². The first kappa shape index (κ1) is 21.8. The highest BCUT2D eigenvalue weighted by molar-refractivity contribution is 5.94. The van der Waals surface area contributed by atoms with Gasteiger partial charge in [-0.1, -0.05) is 43.7 Å². The fraction of sp³-hybridized carbons (Fsp3) is 0.652. The van der Waals surface area contributed by atoms with E-state index in [0.717, 1.165) is 50.7 Å². The highest BCUT2D eigenvalue weighted by Crippen LogP contribution is 2.23. The van der Waals surface area contributed by atoms with Crippen molar-refractivity contribution >= 4 is 12.0 Å². The second-order valence-electron chi connectivity index (χ2n) is 8.20. The molecule has 1 aromatic carbocycles. The Morgan fingerprint density at radius 3 is 2.72 bits per heavy atom. The zero-order chi connectivity index (χ0) is 20.6. The largest absolute Gasteiger partial charge is 0.447 e. The second kappa shape index (κ2) is 10.7. The minimum Gasteiger partial charge on any atom is -0.447 e. The highest BCUT2D eigenvalue weighted by atomic mass is 16.7. The molecule has 0 saturated carbocycles. The molecule has 3 rings (SSSR count). The normalized spacial score (nSPS) is 24.2. The van der Waals surface area contributed by atoms with Crippen LogP contribution in [-0.2, 0) is 25.4 Å². The average molecular weight is 404 g/mol. The van der Waals surface area contributed by atoms with E-state index in [4.69, 9.17) is 14.2 Å². The van der Waals surface area contributed by atoms with Gasteiger partial charge in [0.2, 0.25) is 5.91 Å². The van der Waals surface area contributed by atoms with Crippen molar-refractivity contribution < 1.29 is 23.8 Å². The first-order valence-corrected chi connectivity index (χ1v) is 10.9. The number of carbonyl (C=O) groups is 2. The fourth-order valence-electron chi connectivity index (χ4n) is 3.98. The first-order valence-electron chi connectivity index (χ1n) is 10.9. The van der Waals surface area contributed by atoms with Crippen molar-refractivity contribution in [2.75, 3.05) is 13.2 Å². The fourth-order valence-corrected chi connectivity index (χ4v) is 3.98. The summed E-state index contributed by atoms with van der Waals surface area (Å²) >= 11 is 0. The van der Waals surface area contributed by atoms with E-state index in [1.165, 1.54) is 4.90 Å². The Hall–Kier alpha value is -1.92. The molecule has 2 fully saturated rings. The lowest BCUT2D eigenvalue weighted by molar-refractivity contribution is -0.185. The number of benzene rings is 1. The van der Waals surface area contributed by atoms with Crippen molar-refractivity contribution in [1.29, 1.82) is 0 Å². The van der Waals surface area contributed by atoms with Crippen LogP contribution in [-0.4, -0.2) is 48.5 Å². The topological polar surface area (TPSA) is 65.1 Å². The molecule has 2 aliphatic rings. The molecular formula is C23H33NO5. The molecule has 6 nitrogen and oxygen atoms in total. The number of cyclic esters (lactones) is 1. The summed E-state index contributed by atoms with van der Waals surface area (Å²) in [6.07, 6.45) is 5.79. The van der Waals surface area contributed by atoms with Gasteiger partial charge in [-0.15, -0.1) is 0 Å². The van der Waals surface area contributed by atoms with Gasteiger partial charge in [-0.2, -0.15) is 0 Å². The van der Waals surface area contributed by atoms with Crippen molar-refractivity contribution in [3.63, 3.8) is 0 Å². The quantitative estimate of drug-likeness (QED) is 0.615. The molecule has 0 bridgehead atoms. The highest BCUT2D eigenvalue weighted by Gasteiger charge is 2.39. The molecule has 1 unspecified atom stereocenters. The summed E-state index contributed by atoms with van der Waals surface area (Å²) in [6.45, 7) is 4.99. The first-order chi connectivity index (χ1) is 14.0. The average Bonchev–Trinajstić information content (AvgIpc) is 3.08. The van der Waals surface area contributed by atoms with E-state index in [9.17, 15) is 9.59 Å². The van der Waals surface area contributed by atoms with Gasteiger partial charge in [0.1, 0.15) is 6.61 Å². The van der Waals surface area contributed by atoms with Crippen LogP contribution in [0.3, 0.4) is 0 Å². The third kappa shape index (κ3) is 6.28. The van der Waals surface area contributed by atoms with Crippen molar-refractivity contribution in [3.05, 3.63) is 35.9 Å². The maximum absolute atomic E-state index is 12.9. The number of hydrogen-bond donors (Lipinski definition) is 0. The van der Waals surface area contributed by atoms with Gasteiger partial charge in [0.25, 0.3) is 0 Å². The Labute approximate surface area is 173 Å². The third-order valence-corrected chi connectivity index (χ3v) is 5.70. The monoisotopic (exact) mass is 403 g/mol. The van der Waals surface area contributed by atoms with Crippen LogP contribution in [0.15, 0.2) is 30.3 Å². The molecule has 2 aliphatic heterocycles. The molecule has 0 radical (unpaired) electrons. The molecule has 1 aromatic rings. The van der Waals surface area contributed by atoms with E-state index in [0.29, 0.717) is 6.42 Å². The Morgan fingerprint density at radius 1 is 1.21 bits per heavy atom. The van der Waals surface area contributed by atoms with Gasteiger partial charge in [-0.05, 0) is 51.0 Å². The molecule has 6 heteroatoms. The minimum absolute atomic E-state index is 0.0871. The van der Waals surface area contributed by atoms with Crippen LogP contribution in [0, 0.1) is 5.92 Å². The van der Waals surface area contributed by atoms with Gasteiger partial charge in [0.15, 0.2) is 6.29 Å². The number of ether oxygens (including phenoxy) is 3. The van der Waals surface area contributed by atoms with Crippen LogP contribution in [0.1, 0.15) is 57.9 Å². The van der Waals surface area contributed by atoms with Gasteiger partial charge in [-0.25, -0.2) is 9.69 Å². The number of rotatable bonds is 9. The lowest BCUT2D eigenvalue weighted by Crippen LogP contribution is -2.43. The Kier molecular flexibility index (Phi) is 8.07. The van der Waals surface area contributed by atoms with Gasteiger partial charge < -0.3 is 14.2 Å². The standard InChI is InChI=1S/C23H33NO5/c1-17(9-8-10-18(2)29-21-13-6-7-14-27-21)22(25)24-20(16-28-23(24)26)15-19-11-4-3-5-12-19/h3-5,11-12,17-18,20-21H,6-10,13-16H2,1-2H3/t17-,18+,20-,21?/m0/s1. The van der Waals surface area contributed by atoms with Crippen molar-refractivity contribution in [2.24, 2.45) is 5.92 Å². The van der Waals surface area contributed by atoms with E-state index in [1.54, 1.807) is 0 Å². The number of amides is 2. The van der Waals surface area contributed by atoms with Crippen LogP contribution >= 0.6 is 0 Å². The molecule has 29 heavy (non-hydrogen) atoms. The van der Waals surface area contributed by atoms with Gasteiger partial charge >= 0.3 is 6.09 Å². The summed E-state index contributed by atoms with van der Waals surface area (Å²) in [5.41, 5.74) is 1.09. The molecule has 2 heterocycles. The van der Waals surface area contributed by atoms with E-state index >= 15 is 0 Å². The summed E-state index contributed by atoms with van der Waals surface area (Å²) < 4.78 is 16.7. The Balaban J connectivity index is 1.44. The summed E-state index contributed by atoms with van der Waals surface area (Å²) in [6, 6.07) is 9.66. The molecule has 0 aromatic heterocycles. The molecule has 2 amide bonds. The summed E-state index contributed by atoms with van der Waals surface area (Å²) in [5, 5.41) is 0. The number of imide groups is 1. The van der Waals surface area contributed by atoms with Crippen LogP contribution in [0.25, 0.3) is 0 Å². The SMILES string of the molecule is C[C@H](CCC[C@H](C)C(=O)N1C(=O)OC[C@@H]1Cc1ccccc1)OC1CCCCO1. The van der Waals surface area contributed by atoms with E-state index < -0.39 is 6.09 Å². The molecule has 0 spiro atoms. The lowest BCUT2D eigenvalue weighted by atomic mass is 9.99. The molecule has 0 N–H and O–H groups in total. The predicted molar refractivity (Wildman–Crippen MR) is 109 cm³/mol. The Bertz CT molecular complexity index is 658.